The first-order chi connectivity index (χ1) is 16.0. The van der Waals surface area contributed by atoms with E-state index in [1.165, 1.54) is 7.11 Å². The number of nitrogens with one attached hydrogen (secondary N) is 1. The topological polar surface area (TPSA) is 93.9 Å². The molecule has 0 unspecified atom stereocenters. The van der Waals surface area contributed by atoms with Gasteiger partial charge in [-0.1, -0.05) is 12.1 Å². The van der Waals surface area contributed by atoms with Gasteiger partial charge >= 0.3 is 0 Å². The minimum absolute atomic E-state index is 0.175. The Bertz CT molecular complexity index is 997. The van der Waals surface area contributed by atoms with Crippen LogP contribution in [0.4, 0.5) is 5.69 Å². The van der Waals surface area contributed by atoms with Crippen LogP contribution in [-0.4, -0.2) is 43.0 Å². The van der Waals surface area contributed by atoms with Crippen LogP contribution in [0.1, 0.15) is 54.4 Å². The zero-order valence-electron chi connectivity index (χ0n) is 19.4. The van der Waals surface area contributed by atoms with E-state index in [2.05, 4.69) is 10.2 Å². The number of amides is 2. The van der Waals surface area contributed by atoms with Gasteiger partial charge in [0.1, 0.15) is 0 Å². The summed E-state index contributed by atoms with van der Waals surface area (Å²) in [6.45, 7) is 0.551. The number of benzene rings is 2. The van der Waals surface area contributed by atoms with Gasteiger partial charge in [-0.3, -0.25) is 9.59 Å². The molecule has 0 atom stereocenters. The molecule has 2 fully saturated rings. The third-order valence-corrected chi connectivity index (χ3v) is 6.58. The van der Waals surface area contributed by atoms with Crippen LogP contribution >= 0.6 is 0 Å². The first-order valence-corrected chi connectivity index (χ1v) is 11.7. The van der Waals surface area contributed by atoms with E-state index in [4.69, 9.17) is 15.2 Å². The molecule has 176 valence electrons. The van der Waals surface area contributed by atoms with E-state index < -0.39 is 0 Å². The van der Waals surface area contributed by atoms with Gasteiger partial charge in [-0.25, -0.2) is 0 Å². The summed E-state index contributed by atoms with van der Waals surface area (Å²) >= 11 is 0. The van der Waals surface area contributed by atoms with Crippen LogP contribution in [0.15, 0.2) is 42.5 Å². The third kappa shape index (κ3) is 5.66. The van der Waals surface area contributed by atoms with Gasteiger partial charge in [0.25, 0.3) is 5.91 Å². The Morgan fingerprint density at radius 2 is 1.70 bits per heavy atom. The Morgan fingerprint density at radius 1 is 0.970 bits per heavy atom. The van der Waals surface area contributed by atoms with E-state index >= 15 is 0 Å². The lowest BCUT2D eigenvalue weighted by atomic mass is 9.90. The van der Waals surface area contributed by atoms with Crippen LogP contribution in [0.25, 0.3) is 0 Å². The van der Waals surface area contributed by atoms with Gasteiger partial charge in [0.2, 0.25) is 5.91 Å². The number of anilines is 1. The van der Waals surface area contributed by atoms with Gasteiger partial charge < -0.3 is 25.4 Å². The fourth-order valence-corrected chi connectivity index (χ4v) is 4.49. The van der Waals surface area contributed by atoms with Crippen LogP contribution in [-0.2, 0) is 11.3 Å². The maximum absolute atomic E-state index is 13.1. The number of hydrogen-bond donors (Lipinski definition) is 2. The number of rotatable bonds is 8. The van der Waals surface area contributed by atoms with E-state index in [1.54, 1.807) is 25.3 Å². The van der Waals surface area contributed by atoms with Crippen molar-refractivity contribution in [2.75, 3.05) is 19.5 Å². The molecule has 0 bridgehead atoms. The van der Waals surface area contributed by atoms with Crippen molar-refractivity contribution in [3.05, 3.63) is 53.6 Å². The average molecular weight is 452 g/mol. The standard InChI is InChI=1S/C26H33N3O4/c1-32-23-13-8-19(15-24(23)33-2)25(30)28-21-5-3-4-17(14-21)16-29(26(31)18-6-7-18)22-11-9-20(27)10-12-22/h3-5,8,13-15,18,20,22H,6-7,9-12,16,27H2,1-2H3,(H,28,30). The second kappa shape index (κ2) is 10.3. The molecular formula is C26H33N3O4. The van der Waals surface area contributed by atoms with Crippen LogP contribution < -0.4 is 20.5 Å². The molecule has 0 spiro atoms. The molecule has 33 heavy (non-hydrogen) atoms. The van der Waals surface area contributed by atoms with Crippen molar-refractivity contribution >= 4 is 17.5 Å². The summed E-state index contributed by atoms with van der Waals surface area (Å²) in [4.78, 5) is 27.9. The van der Waals surface area contributed by atoms with Gasteiger partial charge in [-0.05, 0) is 74.4 Å². The summed E-state index contributed by atoms with van der Waals surface area (Å²) < 4.78 is 10.5. The highest BCUT2D eigenvalue weighted by Gasteiger charge is 2.37. The number of hydrogen-bond acceptors (Lipinski definition) is 5. The fraction of sp³-hybridized carbons (Fsp3) is 0.462. The van der Waals surface area contributed by atoms with Crippen molar-refractivity contribution in [3.63, 3.8) is 0 Å². The first kappa shape index (κ1) is 23.1. The Kier molecular flexibility index (Phi) is 7.18. The Hall–Kier alpha value is -3.06. The predicted molar refractivity (Wildman–Crippen MR) is 127 cm³/mol. The van der Waals surface area contributed by atoms with Crippen LogP contribution in [0.2, 0.25) is 0 Å². The number of carbonyl (C=O) groups is 2. The number of ether oxygens (including phenoxy) is 2. The Morgan fingerprint density at radius 3 is 2.36 bits per heavy atom. The van der Waals surface area contributed by atoms with Crippen molar-refractivity contribution in [1.82, 2.24) is 4.90 Å². The zero-order chi connectivity index (χ0) is 23.4. The molecule has 2 aromatic carbocycles. The van der Waals surface area contributed by atoms with Gasteiger partial charge in [0.15, 0.2) is 11.5 Å². The molecule has 4 rings (SSSR count). The Balaban J connectivity index is 1.47. The Labute approximate surface area is 195 Å². The summed E-state index contributed by atoms with van der Waals surface area (Å²) in [5, 5.41) is 2.96. The fourth-order valence-electron chi connectivity index (χ4n) is 4.49. The molecule has 0 aliphatic heterocycles. The van der Waals surface area contributed by atoms with E-state index in [0.29, 0.717) is 29.3 Å². The quantitative estimate of drug-likeness (QED) is 0.634. The van der Waals surface area contributed by atoms with Crippen LogP contribution in [0, 0.1) is 5.92 Å². The summed E-state index contributed by atoms with van der Waals surface area (Å²) in [6.07, 6.45) is 5.80. The molecule has 0 aromatic heterocycles. The second-order valence-corrected chi connectivity index (χ2v) is 9.03. The van der Waals surface area contributed by atoms with Gasteiger partial charge in [-0.15, -0.1) is 0 Å². The van der Waals surface area contributed by atoms with Gasteiger partial charge in [0, 0.05) is 35.8 Å². The SMILES string of the molecule is COc1ccc(C(=O)Nc2cccc(CN(C(=O)C3CC3)C3CCC(N)CC3)c2)cc1OC. The lowest BCUT2D eigenvalue weighted by molar-refractivity contribution is -0.136. The lowest BCUT2D eigenvalue weighted by Gasteiger charge is -2.36. The number of carbonyl (C=O) groups excluding carboxylic acids is 2. The molecule has 0 radical (unpaired) electrons. The van der Waals surface area contributed by atoms with E-state index in [9.17, 15) is 9.59 Å². The molecule has 7 nitrogen and oxygen atoms in total. The molecular weight excluding hydrogens is 418 g/mol. The van der Waals surface area contributed by atoms with Crippen LogP contribution in [0.3, 0.4) is 0 Å². The van der Waals surface area contributed by atoms with E-state index in [-0.39, 0.29) is 29.8 Å². The summed E-state index contributed by atoms with van der Waals surface area (Å²) in [5.41, 5.74) is 8.26. The number of nitrogens with zero attached hydrogens (tertiary/aromatic N) is 1. The highest BCUT2D eigenvalue weighted by molar-refractivity contribution is 6.04. The molecule has 2 amide bonds. The third-order valence-electron chi connectivity index (χ3n) is 6.58. The normalized spacial score (nSPS) is 20.1. The summed E-state index contributed by atoms with van der Waals surface area (Å²) in [5.74, 6) is 1.27. The van der Waals surface area contributed by atoms with E-state index in [0.717, 1.165) is 44.1 Å². The van der Waals surface area contributed by atoms with Crippen molar-refractivity contribution in [2.45, 2.75) is 57.2 Å². The largest absolute Gasteiger partial charge is 0.493 e. The smallest absolute Gasteiger partial charge is 0.255 e. The monoisotopic (exact) mass is 451 g/mol. The van der Waals surface area contributed by atoms with E-state index in [1.807, 2.05) is 24.3 Å². The minimum Gasteiger partial charge on any atom is -0.493 e. The molecule has 3 N–H and O–H groups in total. The first-order valence-electron chi connectivity index (χ1n) is 11.7. The molecule has 2 aromatic rings. The highest BCUT2D eigenvalue weighted by Crippen LogP contribution is 2.35. The molecule has 7 heteroatoms. The molecule has 2 aliphatic carbocycles. The zero-order valence-corrected chi connectivity index (χ0v) is 19.4. The highest BCUT2D eigenvalue weighted by atomic mass is 16.5. The van der Waals surface area contributed by atoms with Crippen molar-refractivity contribution in [3.8, 4) is 11.5 Å². The maximum atomic E-state index is 13.1. The van der Waals surface area contributed by atoms with Crippen LogP contribution in [0.5, 0.6) is 11.5 Å². The summed E-state index contributed by atoms with van der Waals surface area (Å²) in [7, 11) is 3.10. The molecule has 0 saturated heterocycles. The second-order valence-electron chi connectivity index (χ2n) is 9.03. The lowest BCUT2D eigenvalue weighted by Crippen LogP contribution is -2.44. The van der Waals surface area contributed by atoms with Crippen molar-refractivity contribution in [1.29, 1.82) is 0 Å². The molecule has 2 saturated carbocycles. The number of nitrogens with two attached hydrogens (primary N) is 1. The molecule has 2 aliphatic rings. The summed E-state index contributed by atoms with van der Waals surface area (Å²) in [6, 6.07) is 13.3. The minimum atomic E-state index is -0.236. The predicted octanol–water partition coefficient (Wildman–Crippen LogP) is 3.96. The maximum Gasteiger partial charge on any atom is 0.255 e. The van der Waals surface area contributed by atoms with Gasteiger partial charge in [0.05, 0.1) is 14.2 Å². The van der Waals surface area contributed by atoms with Crippen molar-refractivity contribution in [2.24, 2.45) is 11.7 Å². The number of methoxy groups -OCH3 is 2. The molecule has 0 heterocycles. The average Bonchev–Trinajstić information content (AvgIpc) is 3.68. The van der Waals surface area contributed by atoms with Gasteiger partial charge in [-0.2, -0.15) is 0 Å². The van der Waals surface area contributed by atoms with Crippen molar-refractivity contribution < 1.29 is 19.1 Å².